The van der Waals surface area contributed by atoms with Crippen molar-refractivity contribution in [3.8, 4) is 11.6 Å². The van der Waals surface area contributed by atoms with Gasteiger partial charge in [0.1, 0.15) is 11.3 Å². The Morgan fingerprint density at radius 1 is 1.06 bits per heavy atom. The molecule has 33 heavy (non-hydrogen) atoms. The molecule has 0 saturated heterocycles. The molecule has 1 heterocycles. The third-order valence-corrected chi connectivity index (χ3v) is 6.13. The molecular weight excluding hydrogens is 438 g/mol. The summed E-state index contributed by atoms with van der Waals surface area (Å²) in [4.78, 5) is 16.7. The second-order valence-corrected chi connectivity index (χ2v) is 9.77. The molecule has 0 spiro atoms. The molecule has 0 unspecified atom stereocenters. The van der Waals surface area contributed by atoms with E-state index in [0.29, 0.717) is 29.5 Å². The van der Waals surface area contributed by atoms with E-state index in [1.807, 2.05) is 19.1 Å². The predicted molar refractivity (Wildman–Crippen MR) is 129 cm³/mol. The second-order valence-electron chi connectivity index (χ2n) is 8.09. The average Bonchev–Trinajstić information content (AvgIpc) is 2.78. The molecule has 0 bridgehead atoms. The first-order valence-electron chi connectivity index (χ1n) is 10.9. The number of pyridine rings is 1. The van der Waals surface area contributed by atoms with Crippen molar-refractivity contribution in [3.05, 3.63) is 78.0 Å². The van der Waals surface area contributed by atoms with Gasteiger partial charge in [0.05, 0.1) is 10.6 Å². The topological polar surface area (TPSA) is 97.4 Å². The summed E-state index contributed by atoms with van der Waals surface area (Å²) < 4.78 is 34.1. The molecule has 0 fully saturated rings. The van der Waals surface area contributed by atoms with Crippen LogP contribution in [0.15, 0.2) is 71.8 Å². The number of carbonyl (C=O) groups excluding carboxylic acids is 1. The van der Waals surface area contributed by atoms with Gasteiger partial charge >= 0.3 is 0 Å². The molecule has 0 aliphatic carbocycles. The van der Waals surface area contributed by atoms with Gasteiger partial charge in [0, 0.05) is 18.8 Å². The van der Waals surface area contributed by atoms with Crippen molar-refractivity contribution < 1.29 is 17.9 Å². The summed E-state index contributed by atoms with van der Waals surface area (Å²) >= 11 is 0. The van der Waals surface area contributed by atoms with E-state index in [1.54, 1.807) is 48.5 Å². The second kappa shape index (κ2) is 11.0. The molecule has 2 aromatic carbocycles. The standard InChI is InChI=1S/C25H29N3O4S/c1-4-14-26-24(29)23-9-6-15-27-25(23)32-21-8-5-7-20(17-21)28-33(30,31)22-12-10-19(11-13-22)16-18(2)3/h5-13,15,17-18,28H,4,14,16H2,1-3H3,(H,26,29). The van der Waals surface area contributed by atoms with Gasteiger partial charge in [0.15, 0.2) is 0 Å². The van der Waals surface area contributed by atoms with Gasteiger partial charge in [0.2, 0.25) is 5.88 Å². The highest BCUT2D eigenvalue weighted by atomic mass is 32.2. The molecule has 0 radical (unpaired) electrons. The van der Waals surface area contributed by atoms with Crippen molar-refractivity contribution in [1.29, 1.82) is 0 Å². The average molecular weight is 468 g/mol. The lowest BCUT2D eigenvalue weighted by atomic mass is 10.0. The van der Waals surface area contributed by atoms with Crippen molar-refractivity contribution in [3.63, 3.8) is 0 Å². The molecule has 3 rings (SSSR count). The third kappa shape index (κ3) is 6.79. The quantitative estimate of drug-likeness (QED) is 0.437. The number of carbonyl (C=O) groups is 1. The van der Waals surface area contributed by atoms with E-state index < -0.39 is 10.0 Å². The summed E-state index contributed by atoms with van der Waals surface area (Å²) in [5, 5.41) is 2.80. The Kier molecular flexibility index (Phi) is 8.06. The molecule has 0 atom stereocenters. The number of ether oxygens (including phenoxy) is 1. The predicted octanol–water partition coefficient (Wildman–Crippen LogP) is 5.01. The highest BCUT2D eigenvalue weighted by molar-refractivity contribution is 7.92. The summed E-state index contributed by atoms with van der Waals surface area (Å²) in [5.41, 5.74) is 1.73. The molecule has 3 aromatic rings. The number of amides is 1. The van der Waals surface area contributed by atoms with Gasteiger partial charge in [-0.05, 0) is 60.7 Å². The number of hydrogen-bond donors (Lipinski definition) is 2. The Labute approximate surface area is 195 Å². The fourth-order valence-electron chi connectivity index (χ4n) is 3.20. The smallest absolute Gasteiger partial charge is 0.261 e. The minimum absolute atomic E-state index is 0.145. The zero-order valence-corrected chi connectivity index (χ0v) is 19.9. The number of hydrogen-bond acceptors (Lipinski definition) is 5. The van der Waals surface area contributed by atoms with Crippen molar-refractivity contribution in [2.45, 2.75) is 38.5 Å². The summed E-state index contributed by atoms with van der Waals surface area (Å²) in [5.74, 6) is 0.709. The maximum atomic E-state index is 12.8. The van der Waals surface area contributed by atoms with Crippen molar-refractivity contribution in [2.75, 3.05) is 11.3 Å². The van der Waals surface area contributed by atoms with E-state index in [1.165, 1.54) is 6.20 Å². The van der Waals surface area contributed by atoms with Gasteiger partial charge in [-0.3, -0.25) is 9.52 Å². The molecule has 174 valence electrons. The Bertz CT molecular complexity index is 1190. The summed E-state index contributed by atoms with van der Waals surface area (Å²) in [6.07, 6.45) is 3.23. The molecule has 0 saturated carbocycles. The number of sulfonamides is 1. The van der Waals surface area contributed by atoms with Gasteiger partial charge in [-0.2, -0.15) is 0 Å². The van der Waals surface area contributed by atoms with E-state index >= 15 is 0 Å². The van der Waals surface area contributed by atoms with Crippen LogP contribution in [0.4, 0.5) is 5.69 Å². The van der Waals surface area contributed by atoms with Gasteiger partial charge in [-0.25, -0.2) is 13.4 Å². The van der Waals surface area contributed by atoms with Crippen LogP contribution in [0.3, 0.4) is 0 Å². The molecular formula is C25H29N3O4S. The minimum atomic E-state index is -3.77. The lowest BCUT2D eigenvalue weighted by Crippen LogP contribution is -2.24. The Morgan fingerprint density at radius 3 is 2.52 bits per heavy atom. The number of benzene rings is 2. The van der Waals surface area contributed by atoms with Crippen molar-refractivity contribution >= 4 is 21.6 Å². The van der Waals surface area contributed by atoms with Crippen molar-refractivity contribution in [2.24, 2.45) is 5.92 Å². The van der Waals surface area contributed by atoms with Crippen LogP contribution in [-0.4, -0.2) is 25.9 Å². The summed E-state index contributed by atoms with van der Waals surface area (Å²) in [6.45, 7) is 6.75. The molecule has 7 nitrogen and oxygen atoms in total. The molecule has 0 aliphatic heterocycles. The van der Waals surface area contributed by atoms with E-state index in [-0.39, 0.29) is 16.7 Å². The van der Waals surface area contributed by atoms with Gasteiger partial charge in [-0.15, -0.1) is 0 Å². The third-order valence-electron chi connectivity index (χ3n) is 4.73. The molecule has 2 N–H and O–H groups in total. The Hall–Kier alpha value is -3.39. The van der Waals surface area contributed by atoms with E-state index in [2.05, 4.69) is 28.9 Å². The van der Waals surface area contributed by atoms with E-state index in [9.17, 15) is 13.2 Å². The fourth-order valence-corrected chi connectivity index (χ4v) is 4.25. The fraction of sp³-hybridized carbons (Fsp3) is 0.280. The van der Waals surface area contributed by atoms with Gasteiger partial charge in [-0.1, -0.05) is 39.0 Å². The highest BCUT2D eigenvalue weighted by Crippen LogP contribution is 2.27. The van der Waals surface area contributed by atoms with E-state index in [4.69, 9.17) is 4.74 Å². The molecule has 1 aromatic heterocycles. The Morgan fingerprint density at radius 2 is 1.82 bits per heavy atom. The van der Waals surface area contributed by atoms with Crippen LogP contribution in [0.25, 0.3) is 0 Å². The Balaban J connectivity index is 1.76. The van der Waals surface area contributed by atoms with Crippen molar-refractivity contribution in [1.82, 2.24) is 10.3 Å². The monoisotopic (exact) mass is 467 g/mol. The first-order valence-corrected chi connectivity index (χ1v) is 12.4. The van der Waals surface area contributed by atoms with Crippen LogP contribution < -0.4 is 14.8 Å². The molecule has 8 heteroatoms. The van der Waals surface area contributed by atoms with Crippen LogP contribution in [0.5, 0.6) is 11.6 Å². The number of nitrogens with zero attached hydrogens (tertiary/aromatic N) is 1. The summed E-state index contributed by atoms with van der Waals surface area (Å²) in [7, 11) is -3.77. The number of aromatic nitrogens is 1. The first kappa shape index (κ1) is 24.3. The van der Waals surface area contributed by atoms with Gasteiger partial charge < -0.3 is 10.1 Å². The zero-order valence-electron chi connectivity index (χ0n) is 19.0. The number of rotatable bonds is 10. The van der Waals surface area contributed by atoms with Gasteiger partial charge in [0.25, 0.3) is 15.9 Å². The number of nitrogens with one attached hydrogen (secondary N) is 2. The highest BCUT2D eigenvalue weighted by Gasteiger charge is 2.16. The van der Waals surface area contributed by atoms with E-state index in [0.717, 1.165) is 18.4 Å². The first-order chi connectivity index (χ1) is 15.8. The van der Waals surface area contributed by atoms with Crippen LogP contribution in [0.2, 0.25) is 0 Å². The van der Waals surface area contributed by atoms with Crippen LogP contribution in [0.1, 0.15) is 43.1 Å². The number of anilines is 1. The minimum Gasteiger partial charge on any atom is -0.438 e. The zero-order chi connectivity index (χ0) is 23.8. The normalized spacial score (nSPS) is 11.3. The SMILES string of the molecule is CCCNC(=O)c1cccnc1Oc1cccc(NS(=O)(=O)c2ccc(CC(C)C)cc2)c1. The lowest BCUT2D eigenvalue weighted by Gasteiger charge is -2.12. The maximum absolute atomic E-state index is 12.8. The lowest BCUT2D eigenvalue weighted by molar-refractivity contribution is 0.0950. The van der Waals surface area contributed by atoms with Crippen LogP contribution in [-0.2, 0) is 16.4 Å². The largest absolute Gasteiger partial charge is 0.438 e. The summed E-state index contributed by atoms with van der Waals surface area (Å²) in [6, 6.07) is 16.7. The maximum Gasteiger partial charge on any atom is 0.261 e. The van der Waals surface area contributed by atoms with Crippen LogP contribution >= 0.6 is 0 Å². The molecule has 1 amide bonds. The molecule has 0 aliphatic rings. The van der Waals surface area contributed by atoms with Crippen LogP contribution in [0, 0.1) is 5.92 Å².